The van der Waals surface area contributed by atoms with E-state index in [1.54, 1.807) is 0 Å². The number of para-hydroxylation sites is 1. The van der Waals surface area contributed by atoms with Crippen LogP contribution in [0.15, 0.2) is 48.7 Å². The van der Waals surface area contributed by atoms with Gasteiger partial charge in [0.15, 0.2) is 5.82 Å². The van der Waals surface area contributed by atoms with Gasteiger partial charge in [0, 0.05) is 43.3 Å². The number of rotatable bonds is 4. The highest BCUT2D eigenvalue weighted by Gasteiger charge is 2.32. The van der Waals surface area contributed by atoms with Crippen molar-refractivity contribution in [3.8, 4) is 0 Å². The van der Waals surface area contributed by atoms with Gasteiger partial charge in [0.2, 0.25) is 0 Å². The van der Waals surface area contributed by atoms with Crippen LogP contribution in [0.25, 0.3) is 10.9 Å². The van der Waals surface area contributed by atoms with Crippen LogP contribution in [0.5, 0.6) is 0 Å². The SMILES string of the molecule is CN(c1ccnc2ccccc12)C1CN(c2ccc(C3CC3)nn2)C1. The molecule has 0 spiro atoms. The Kier molecular flexibility index (Phi) is 3.33. The largest absolute Gasteiger partial charge is 0.367 e. The zero-order valence-electron chi connectivity index (χ0n) is 14.3. The highest BCUT2D eigenvalue weighted by Crippen LogP contribution is 2.39. The molecular weight excluding hydrogens is 310 g/mol. The van der Waals surface area contributed by atoms with Crippen molar-refractivity contribution in [3.05, 3.63) is 54.4 Å². The van der Waals surface area contributed by atoms with Crippen molar-refractivity contribution < 1.29 is 0 Å². The molecule has 126 valence electrons. The van der Waals surface area contributed by atoms with Crippen LogP contribution in [0.4, 0.5) is 11.5 Å². The third-order valence-electron chi connectivity index (χ3n) is 5.41. The molecule has 1 aromatic carbocycles. The van der Waals surface area contributed by atoms with Crippen molar-refractivity contribution in [1.82, 2.24) is 15.2 Å². The second-order valence-electron chi connectivity index (χ2n) is 7.11. The minimum Gasteiger partial charge on any atom is -0.367 e. The third kappa shape index (κ3) is 2.60. The van der Waals surface area contributed by atoms with E-state index in [4.69, 9.17) is 0 Å². The van der Waals surface area contributed by atoms with Crippen molar-refractivity contribution in [2.75, 3.05) is 29.9 Å². The molecule has 2 aliphatic rings. The summed E-state index contributed by atoms with van der Waals surface area (Å²) in [5, 5.41) is 10.0. The Labute approximate surface area is 147 Å². The first-order valence-electron chi connectivity index (χ1n) is 8.95. The first-order valence-corrected chi connectivity index (χ1v) is 8.95. The lowest BCUT2D eigenvalue weighted by Gasteiger charge is -2.45. The van der Waals surface area contributed by atoms with Gasteiger partial charge in [-0.15, -0.1) is 5.10 Å². The number of aromatic nitrogens is 3. The summed E-state index contributed by atoms with van der Waals surface area (Å²) in [6.45, 7) is 1.95. The summed E-state index contributed by atoms with van der Waals surface area (Å²) < 4.78 is 0. The molecular formula is C20H21N5. The van der Waals surface area contributed by atoms with Gasteiger partial charge in [-0.25, -0.2) is 0 Å². The highest BCUT2D eigenvalue weighted by atomic mass is 15.4. The molecule has 1 saturated heterocycles. The van der Waals surface area contributed by atoms with Gasteiger partial charge in [-0.2, -0.15) is 5.10 Å². The smallest absolute Gasteiger partial charge is 0.151 e. The maximum atomic E-state index is 4.46. The van der Waals surface area contributed by atoms with Gasteiger partial charge < -0.3 is 9.80 Å². The Morgan fingerprint density at radius 1 is 1.00 bits per heavy atom. The molecule has 2 aromatic heterocycles. The fourth-order valence-corrected chi connectivity index (χ4v) is 3.57. The van der Waals surface area contributed by atoms with Crippen LogP contribution in [0.1, 0.15) is 24.5 Å². The molecule has 0 radical (unpaired) electrons. The van der Waals surface area contributed by atoms with Gasteiger partial charge in [0.05, 0.1) is 17.3 Å². The van der Waals surface area contributed by atoms with Gasteiger partial charge in [-0.1, -0.05) is 18.2 Å². The fraction of sp³-hybridized carbons (Fsp3) is 0.350. The maximum absolute atomic E-state index is 4.46. The first-order chi connectivity index (χ1) is 12.3. The predicted octanol–water partition coefficient (Wildman–Crippen LogP) is 3.23. The molecule has 3 aromatic rings. The molecule has 1 saturated carbocycles. The zero-order valence-corrected chi connectivity index (χ0v) is 14.3. The Bertz CT molecular complexity index is 892. The Morgan fingerprint density at radius 3 is 2.60 bits per heavy atom. The van der Waals surface area contributed by atoms with Crippen LogP contribution < -0.4 is 9.80 Å². The Hall–Kier alpha value is -2.69. The second-order valence-corrected chi connectivity index (χ2v) is 7.11. The number of fused-ring (bicyclic) bond motifs is 1. The minimum absolute atomic E-state index is 0.482. The summed E-state index contributed by atoms with van der Waals surface area (Å²) in [6, 6.07) is 15.2. The van der Waals surface area contributed by atoms with Crippen molar-refractivity contribution in [3.63, 3.8) is 0 Å². The lowest BCUT2D eigenvalue weighted by Crippen LogP contribution is -2.59. The molecule has 1 aliphatic carbocycles. The molecule has 0 unspecified atom stereocenters. The van der Waals surface area contributed by atoms with Gasteiger partial charge in [-0.3, -0.25) is 4.98 Å². The van der Waals surface area contributed by atoms with E-state index in [-0.39, 0.29) is 0 Å². The molecule has 25 heavy (non-hydrogen) atoms. The zero-order chi connectivity index (χ0) is 16.8. The summed E-state index contributed by atoms with van der Waals surface area (Å²) in [6.07, 6.45) is 4.43. The summed E-state index contributed by atoms with van der Waals surface area (Å²) in [7, 11) is 2.17. The maximum Gasteiger partial charge on any atom is 0.151 e. The average molecular weight is 331 g/mol. The molecule has 0 amide bonds. The van der Waals surface area contributed by atoms with Crippen molar-refractivity contribution in [1.29, 1.82) is 0 Å². The number of hydrogen-bond donors (Lipinski definition) is 0. The number of anilines is 2. The van der Waals surface area contributed by atoms with E-state index in [9.17, 15) is 0 Å². The van der Waals surface area contributed by atoms with Crippen LogP contribution in [0, 0.1) is 0 Å². The van der Waals surface area contributed by atoms with Gasteiger partial charge >= 0.3 is 0 Å². The Morgan fingerprint density at radius 2 is 1.84 bits per heavy atom. The van der Waals surface area contributed by atoms with E-state index in [0.29, 0.717) is 12.0 Å². The molecule has 2 fully saturated rings. The number of nitrogens with zero attached hydrogens (tertiary/aromatic N) is 5. The van der Waals surface area contributed by atoms with Crippen LogP contribution in [-0.2, 0) is 0 Å². The van der Waals surface area contributed by atoms with Crippen LogP contribution in [0.3, 0.4) is 0 Å². The highest BCUT2D eigenvalue weighted by molar-refractivity contribution is 5.91. The van der Waals surface area contributed by atoms with Crippen molar-refractivity contribution >= 4 is 22.4 Å². The molecule has 5 nitrogen and oxygen atoms in total. The van der Waals surface area contributed by atoms with E-state index in [2.05, 4.69) is 68.4 Å². The second kappa shape index (κ2) is 5.69. The summed E-state index contributed by atoms with van der Waals surface area (Å²) in [5.41, 5.74) is 3.44. The minimum atomic E-state index is 0.482. The monoisotopic (exact) mass is 331 g/mol. The van der Waals surface area contributed by atoms with E-state index in [1.165, 1.54) is 23.9 Å². The van der Waals surface area contributed by atoms with Gasteiger partial charge in [0.1, 0.15) is 0 Å². The molecule has 3 heterocycles. The molecule has 5 rings (SSSR count). The third-order valence-corrected chi connectivity index (χ3v) is 5.41. The molecule has 0 N–H and O–H groups in total. The average Bonchev–Trinajstić information content (AvgIpc) is 3.45. The van der Waals surface area contributed by atoms with Crippen LogP contribution in [-0.4, -0.2) is 41.4 Å². The molecule has 1 aliphatic heterocycles. The van der Waals surface area contributed by atoms with Gasteiger partial charge in [0.25, 0.3) is 0 Å². The summed E-state index contributed by atoms with van der Waals surface area (Å²) in [4.78, 5) is 9.13. The Balaban J connectivity index is 1.30. The van der Waals surface area contributed by atoms with E-state index < -0.39 is 0 Å². The normalized spacial score (nSPS) is 17.6. The van der Waals surface area contributed by atoms with E-state index in [0.717, 1.165) is 30.1 Å². The van der Waals surface area contributed by atoms with Gasteiger partial charge in [-0.05, 0) is 37.1 Å². The standard InChI is InChI=1S/C20H21N5/c1-24(19-10-11-21-18-5-3-2-4-16(18)19)15-12-25(13-15)20-9-8-17(22-23-20)14-6-7-14/h2-5,8-11,14-15H,6-7,12-13H2,1H3. The van der Waals surface area contributed by atoms with Crippen LogP contribution in [0.2, 0.25) is 0 Å². The van der Waals surface area contributed by atoms with Crippen molar-refractivity contribution in [2.45, 2.75) is 24.8 Å². The predicted molar refractivity (Wildman–Crippen MR) is 100 cm³/mol. The number of benzene rings is 1. The summed E-state index contributed by atoms with van der Waals surface area (Å²) in [5.74, 6) is 1.66. The molecule has 0 bridgehead atoms. The quantitative estimate of drug-likeness (QED) is 0.734. The van der Waals surface area contributed by atoms with E-state index in [1.807, 2.05) is 12.3 Å². The van der Waals surface area contributed by atoms with Crippen LogP contribution >= 0.6 is 0 Å². The molecule has 5 heteroatoms. The molecule has 0 atom stereocenters. The summed E-state index contributed by atoms with van der Waals surface area (Å²) >= 11 is 0. The fourth-order valence-electron chi connectivity index (χ4n) is 3.57. The van der Waals surface area contributed by atoms with E-state index >= 15 is 0 Å². The lowest BCUT2D eigenvalue weighted by atomic mass is 10.1. The number of hydrogen-bond acceptors (Lipinski definition) is 5. The first kappa shape index (κ1) is 14.6. The number of pyridine rings is 1. The van der Waals surface area contributed by atoms with Crippen molar-refractivity contribution in [2.24, 2.45) is 0 Å². The lowest BCUT2D eigenvalue weighted by molar-refractivity contribution is 0.491. The topological polar surface area (TPSA) is 45.2 Å². The number of likely N-dealkylation sites (N-methyl/N-ethyl adjacent to an activating group) is 1.